The second kappa shape index (κ2) is 8.96. The number of nitrogens with one attached hydrogen (secondary N) is 2. The summed E-state index contributed by atoms with van der Waals surface area (Å²) in [4.78, 5) is 26.2. The monoisotopic (exact) mass is 417 g/mol. The minimum Gasteiger partial charge on any atom is -0.325 e. The molecule has 0 unspecified atom stereocenters. The van der Waals surface area contributed by atoms with Crippen molar-refractivity contribution in [3.05, 3.63) is 57.6 Å². The second-order valence-corrected chi connectivity index (χ2v) is 7.41. The van der Waals surface area contributed by atoms with Crippen LogP contribution in [0, 0.1) is 20.8 Å². The lowest BCUT2D eigenvalue weighted by Crippen LogP contribution is -2.36. The normalized spacial score (nSPS) is 10.7. The number of anilines is 2. The van der Waals surface area contributed by atoms with Gasteiger partial charge in [0.05, 0.1) is 13.1 Å². The van der Waals surface area contributed by atoms with Gasteiger partial charge in [0.2, 0.25) is 11.8 Å². The molecule has 6 heteroatoms. The Labute approximate surface area is 162 Å². The van der Waals surface area contributed by atoms with Crippen LogP contribution in [0.5, 0.6) is 0 Å². The number of benzene rings is 2. The number of para-hydroxylation sites is 1. The van der Waals surface area contributed by atoms with Gasteiger partial charge < -0.3 is 10.6 Å². The molecule has 0 aromatic heterocycles. The average Bonchev–Trinajstić information content (AvgIpc) is 2.53. The molecule has 0 aliphatic rings. The third kappa shape index (κ3) is 5.68. The molecular weight excluding hydrogens is 394 g/mol. The summed E-state index contributed by atoms with van der Waals surface area (Å²) in [5, 5.41) is 5.81. The van der Waals surface area contributed by atoms with Crippen molar-refractivity contribution in [3.8, 4) is 0 Å². The SMILES string of the molecule is Cc1cc(Br)ccc1NC(=O)CN(C)CC(=O)Nc1c(C)cccc1C. The number of aryl methyl sites for hydroxylation is 3. The first-order valence-corrected chi connectivity index (χ1v) is 9.16. The Hall–Kier alpha value is -2.18. The fraction of sp³-hybridized carbons (Fsp3) is 0.300. The van der Waals surface area contributed by atoms with E-state index in [9.17, 15) is 9.59 Å². The van der Waals surface area contributed by atoms with E-state index in [1.165, 1.54) is 0 Å². The third-order valence-corrected chi connectivity index (χ3v) is 4.53. The molecule has 0 heterocycles. The molecule has 0 aliphatic carbocycles. The summed E-state index contributed by atoms with van der Waals surface area (Å²) in [6, 6.07) is 11.5. The van der Waals surface area contributed by atoms with E-state index in [4.69, 9.17) is 0 Å². The minimum absolute atomic E-state index is 0.135. The molecule has 0 saturated heterocycles. The topological polar surface area (TPSA) is 61.4 Å². The van der Waals surface area contributed by atoms with Crippen LogP contribution in [0.25, 0.3) is 0 Å². The van der Waals surface area contributed by atoms with Gasteiger partial charge in [0.25, 0.3) is 0 Å². The maximum Gasteiger partial charge on any atom is 0.238 e. The van der Waals surface area contributed by atoms with Crippen LogP contribution >= 0.6 is 15.9 Å². The highest BCUT2D eigenvalue weighted by Crippen LogP contribution is 2.20. The molecule has 26 heavy (non-hydrogen) atoms. The van der Waals surface area contributed by atoms with Gasteiger partial charge in [-0.2, -0.15) is 0 Å². The quantitative estimate of drug-likeness (QED) is 0.749. The molecule has 0 aliphatic heterocycles. The molecule has 0 radical (unpaired) electrons. The maximum atomic E-state index is 12.3. The number of carbonyl (C=O) groups excluding carboxylic acids is 2. The molecule has 0 bridgehead atoms. The fourth-order valence-corrected chi connectivity index (χ4v) is 3.17. The average molecular weight is 418 g/mol. The van der Waals surface area contributed by atoms with Crippen molar-refractivity contribution >= 4 is 39.1 Å². The number of hydrogen-bond acceptors (Lipinski definition) is 3. The lowest BCUT2D eigenvalue weighted by molar-refractivity contribution is -0.119. The first-order chi connectivity index (χ1) is 12.3. The Morgan fingerprint density at radius 3 is 2.08 bits per heavy atom. The van der Waals surface area contributed by atoms with Crippen LogP contribution in [0.15, 0.2) is 40.9 Å². The summed E-state index contributed by atoms with van der Waals surface area (Å²) < 4.78 is 0.966. The molecule has 138 valence electrons. The van der Waals surface area contributed by atoms with Gasteiger partial charge in [-0.25, -0.2) is 0 Å². The number of nitrogens with zero attached hydrogens (tertiary/aromatic N) is 1. The highest BCUT2D eigenvalue weighted by molar-refractivity contribution is 9.10. The van der Waals surface area contributed by atoms with Crippen LogP contribution in [0.4, 0.5) is 11.4 Å². The van der Waals surface area contributed by atoms with Crippen molar-refractivity contribution in [2.75, 3.05) is 30.8 Å². The molecule has 0 fully saturated rings. The lowest BCUT2D eigenvalue weighted by atomic mass is 10.1. The molecule has 5 nitrogen and oxygen atoms in total. The Kier molecular flexibility index (Phi) is 6.94. The number of carbonyl (C=O) groups is 2. The van der Waals surface area contributed by atoms with Crippen molar-refractivity contribution in [2.45, 2.75) is 20.8 Å². The van der Waals surface area contributed by atoms with Crippen LogP contribution in [0.1, 0.15) is 16.7 Å². The van der Waals surface area contributed by atoms with Crippen LogP contribution in [-0.2, 0) is 9.59 Å². The maximum absolute atomic E-state index is 12.3. The Morgan fingerprint density at radius 1 is 0.923 bits per heavy atom. The zero-order valence-corrected chi connectivity index (χ0v) is 17.1. The summed E-state index contributed by atoms with van der Waals surface area (Å²) in [6.45, 7) is 6.12. The summed E-state index contributed by atoms with van der Waals surface area (Å²) in [7, 11) is 1.75. The van der Waals surface area contributed by atoms with E-state index >= 15 is 0 Å². The van der Waals surface area contributed by atoms with Gasteiger partial charge in [0.1, 0.15) is 0 Å². The highest BCUT2D eigenvalue weighted by Gasteiger charge is 2.13. The summed E-state index contributed by atoms with van der Waals surface area (Å²) in [5.41, 5.74) is 4.62. The van der Waals surface area contributed by atoms with Gasteiger partial charge in [-0.15, -0.1) is 0 Å². The Morgan fingerprint density at radius 2 is 1.50 bits per heavy atom. The zero-order valence-electron chi connectivity index (χ0n) is 15.5. The molecule has 2 N–H and O–H groups in total. The van der Waals surface area contributed by atoms with E-state index in [1.807, 2.05) is 57.2 Å². The number of rotatable bonds is 6. The van der Waals surface area contributed by atoms with E-state index in [0.717, 1.165) is 32.5 Å². The van der Waals surface area contributed by atoms with Gasteiger partial charge >= 0.3 is 0 Å². The number of hydrogen-bond donors (Lipinski definition) is 2. The van der Waals surface area contributed by atoms with Gasteiger partial charge in [-0.05, 0) is 62.7 Å². The second-order valence-electron chi connectivity index (χ2n) is 6.49. The van der Waals surface area contributed by atoms with Crippen molar-refractivity contribution in [1.82, 2.24) is 4.90 Å². The van der Waals surface area contributed by atoms with Gasteiger partial charge in [0, 0.05) is 15.8 Å². The lowest BCUT2D eigenvalue weighted by Gasteiger charge is -2.18. The molecule has 2 aromatic carbocycles. The van der Waals surface area contributed by atoms with Crippen LogP contribution in [0.3, 0.4) is 0 Å². The standard InChI is InChI=1S/C20H24BrN3O2/c1-13-6-5-7-14(2)20(13)23-19(26)12-24(4)11-18(25)22-17-9-8-16(21)10-15(17)3/h5-10H,11-12H2,1-4H3,(H,22,25)(H,23,26). The van der Waals surface area contributed by atoms with E-state index in [1.54, 1.807) is 11.9 Å². The Bertz CT molecular complexity index is 800. The largest absolute Gasteiger partial charge is 0.325 e. The van der Waals surface area contributed by atoms with Crippen molar-refractivity contribution < 1.29 is 9.59 Å². The first-order valence-electron chi connectivity index (χ1n) is 8.37. The molecule has 0 atom stereocenters. The zero-order chi connectivity index (χ0) is 19.3. The summed E-state index contributed by atoms with van der Waals surface area (Å²) in [5.74, 6) is -0.296. The molecular formula is C20H24BrN3O2. The molecule has 2 amide bonds. The van der Waals surface area contributed by atoms with Gasteiger partial charge in [-0.1, -0.05) is 34.1 Å². The fourth-order valence-electron chi connectivity index (χ4n) is 2.69. The molecule has 2 aromatic rings. The van der Waals surface area contributed by atoms with E-state index < -0.39 is 0 Å². The van der Waals surface area contributed by atoms with Gasteiger partial charge in [-0.3, -0.25) is 14.5 Å². The van der Waals surface area contributed by atoms with Crippen LogP contribution in [-0.4, -0.2) is 36.9 Å². The number of amides is 2. The van der Waals surface area contributed by atoms with E-state index in [2.05, 4.69) is 26.6 Å². The summed E-state index contributed by atoms with van der Waals surface area (Å²) in [6.07, 6.45) is 0. The molecule has 2 rings (SSSR count). The first kappa shape index (κ1) is 20.1. The Balaban J connectivity index is 1.88. The number of likely N-dealkylation sites (N-methyl/N-ethyl adjacent to an activating group) is 1. The van der Waals surface area contributed by atoms with E-state index in [-0.39, 0.29) is 24.9 Å². The van der Waals surface area contributed by atoms with Crippen molar-refractivity contribution in [3.63, 3.8) is 0 Å². The van der Waals surface area contributed by atoms with Crippen LogP contribution in [0.2, 0.25) is 0 Å². The minimum atomic E-state index is -0.155. The number of halogens is 1. The summed E-state index contributed by atoms with van der Waals surface area (Å²) >= 11 is 3.40. The van der Waals surface area contributed by atoms with Crippen LogP contribution < -0.4 is 10.6 Å². The predicted molar refractivity (Wildman–Crippen MR) is 110 cm³/mol. The van der Waals surface area contributed by atoms with E-state index in [0.29, 0.717) is 0 Å². The molecule has 0 saturated carbocycles. The highest BCUT2D eigenvalue weighted by atomic mass is 79.9. The third-order valence-electron chi connectivity index (χ3n) is 4.04. The predicted octanol–water partition coefficient (Wildman–Crippen LogP) is 3.88. The van der Waals surface area contributed by atoms with Crippen molar-refractivity contribution in [1.29, 1.82) is 0 Å². The molecule has 0 spiro atoms. The smallest absolute Gasteiger partial charge is 0.238 e. The van der Waals surface area contributed by atoms with Crippen molar-refractivity contribution in [2.24, 2.45) is 0 Å². The van der Waals surface area contributed by atoms with Gasteiger partial charge in [0.15, 0.2) is 0 Å².